The molecule has 0 bridgehead atoms. The quantitative estimate of drug-likeness (QED) is 0.559. The van der Waals surface area contributed by atoms with Crippen LogP contribution in [0.1, 0.15) is 72.6 Å². The highest BCUT2D eigenvalue weighted by Gasteiger charge is 2.15. The van der Waals surface area contributed by atoms with Gasteiger partial charge in [-0.25, -0.2) is 0 Å². The van der Waals surface area contributed by atoms with Gasteiger partial charge in [0.25, 0.3) is 0 Å². The van der Waals surface area contributed by atoms with Crippen molar-refractivity contribution < 1.29 is 4.74 Å². The molecular weight excluding hydrogens is 384 g/mol. The summed E-state index contributed by atoms with van der Waals surface area (Å²) in [6.07, 6.45) is 9.87. The molecule has 186 valence electrons. The van der Waals surface area contributed by atoms with E-state index in [0.29, 0.717) is 6.04 Å². The molecule has 4 heterocycles. The minimum absolute atomic E-state index is 0.615. The van der Waals surface area contributed by atoms with Crippen molar-refractivity contribution in [2.24, 2.45) is 5.92 Å². The molecule has 4 saturated heterocycles. The second kappa shape index (κ2) is 16.4. The highest BCUT2D eigenvalue weighted by atomic mass is 16.5. The van der Waals surface area contributed by atoms with E-state index >= 15 is 0 Å². The predicted molar refractivity (Wildman–Crippen MR) is 136 cm³/mol. The maximum Gasteiger partial charge on any atom is 0.0619 e. The van der Waals surface area contributed by atoms with Crippen molar-refractivity contribution in [3.05, 3.63) is 0 Å². The van der Waals surface area contributed by atoms with Crippen molar-refractivity contribution in [2.75, 3.05) is 74.1 Å². The SMILES string of the molecule is CC1CCCCN1C.CC1CCCN(C)C1.CC1CCCN1C.CC1COCCN1C. The van der Waals surface area contributed by atoms with Crippen LogP contribution in [-0.4, -0.2) is 112 Å². The van der Waals surface area contributed by atoms with Gasteiger partial charge in [-0.15, -0.1) is 0 Å². The first-order chi connectivity index (χ1) is 14.7. The lowest BCUT2D eigenvalue weighted by Gasteiger charge is -2.29. The minimum Gasteiger partial charge on any atom is -0.379 e. The monoisotopic (exact) mass is 440 g/mol. The summed E-state index contributed by atoms with van der Waals surface area (Å²) < 4.78 is 5.21. The molecule has 0 radical (unpaired) electrons. The zero-order valence-electron chi connectivity index (χ0n) is 22.4. The molecule has 4 fully saturated rings. The van der Waals surface area contributed by atoms with E-state index in [1.165, 1.54) is 71.1 Å². The molecule has 4 aliphatic rings. The summed E-state index contributed by atoms with van der Waals surface area (Å²) in [5.41, 5.74) is 0. The van der Waals surface area contributed by atoms with Gasteiger partial charge in [-0.05, 0) is 113 Å². The number of rotatable bonds is 0. The zero-order chi connectivity index (χ0) is 23.2. The summed E-state index contributed by atoms with van der Waals surface area (Å²) in [4.78, 5) is 9.56. The van der Waals surface area contributed by atoms with E-state index in [4.69, 9.17) is 4.74 Å². The van der Waals surface area contributed by atoms with Gasteiger partial charge >= 0.3 is 0 Å². The molecule has 0 aliphatic carbocycles. The average Bonchev–Trinajstić information content (AvgIpc) is 3.10. The van der Waals surface area contributed by atoms with Gasteiger partial charge in [0.1, 0.15) is 0 Å². The normalized spacial score (nSPS) is 33.3. The standard InChI is InChI=1S/2C7H15N.C6H13NO.C6H13N/c1-7-4-3-5-8(2)6-7;1-7-5-3-4-6-8(7)2;1-6-5-8-4-3-7(6)2;1-6-4-3-5-7(6)2/h2*7H,3-6H2,1-2H3;6H,3-5H2,1-2H3;6H,3-5H2,1-2H3. The van der Waals surface area contributed by atoms with Gasteiger partial charge in [0, 0.05) is 31.2 Å². The molecule has 0 aromatic heterocycles. The lowest BCUT2D eigenvalue weighted by molar-refractivity contribution is 0.0131. The van der Waals surface area contributed by atoms with E-state index in [-0.39, 0.29) is 0 Å². The molecule has 0 spiro atoms. The Bertz CT molecular complexity index is 380. The summed E-state index contributed by atoms with van der Waals surface area (Å²) in [5, 5.41) is 0. The van der Waals surface area contributed by atoms with Gasteiger partial charge in [-0.3, -0.25) is 4.90 Å². The summed E-state index contributed by atoms with van der Waals surface area (Å²) in [6, 6.07) is 2.30. The molecular formula is C26H56N4O. The van der Waals surface area contributed by atoms with Gasteiger partial charge in [0.2, 0.25) is 0 Å². The maximum atomic E-state index is 5.21. The second-order valence-electron chi connectivity index (χ2n) is 10.7. The maximum absolute atomic E-state index is 5.21. The highest BCUT2D eigenvalue weighted by molar-refractivity contribution is 4.70. The van der Waals surface area contributed by atoms with Crippen LogP contribution in [0.4, 0.5) is 0 Å². The van der Waals surface area contributed by atoms with Crippen molar-refractivity contribution in [3.63, 3.8) is 0 Å². The Morgan fingerprint density at radius 1 is 0.581 bits per heavy atom. The summed E-state index contributed by atoms with van der Waals surface area (Å²) in [5.74, 6) is 0.939. The first kappa shape index (κ1) is 28.8. The number of likely N-dealkylation sites (tertiary alicyclic amines) is 3. The Morgan fingerprint density at radius 2 is 1.13 bits per heavy atom. The van der Waals surface area contributed by atoms with Gasteiger partial charge in [0.15, 0.2) is 0 Å². The average molecular weight is 441 g/mol. The minimum atomic E-state index is 0.615. The summed E-state index contributed by atoms with van der Waals surface area (Å²) in [6.45, 7) is 17.2. The van der Waals surface area contributed by atoms with Crippen LogP contribution in [0.2, 0.25) is 0 Å². The molecule has 4 atom stereocenters. The molecule has 0 saturated carbocycles. The van der Waals surface area contributed by atoms with Crippen molar-refractivity contribution in [2.45, 2.75) is 90.8 Å². The number of hydrogen-bond donors (Lipinski definition) is 0. The zero-order valence-corrected chi connectivity index (χ0v) is 22.4. The third-order valence-corrected chi connectivity index (χ3v) is 7.58. The molecule has 5 nitrogen and oxygen atoms in total. The summed E-state index contributed by atoms with van der Waals surface area (Å²) >= 11 is 0. The Kier molecular flexibility index (Phi) is 15.3. The molecule has 31 heavy (non-hydrogen) atoms. The van der Waals surface area contributed by atoms with Crippen LogP contribution in [0.5, 0.6) is 0 Å². The molecule has 4 rings (SSSR count). The Balaban J connectivity index is 0.000000207. The number of ether oxygens (including phenoxy) is 1. The Labute approximate surface area is 195 Å². The molecule has 0 aromatic rings. The van der Waals surface area contributed by atoms with Crippen LogP contribution in [-0.2, 0) is 4.74 Å². The molecule has 4 aliphatic heterocycles. The van der Waals surface area contributed by atoms with E-state index < -0.39 is 0 Å². The largest absolute Gasteiger partial charge is 0.379 e. The van der Waals surface area contributed by atoms with Gasteiger partial charge in [-0.1, -0.05) is 13.3 Å². The van der Waals surface area contributed by atoms with E-state index in [0.717, 1.165) is 37.8 Å². The van der Waals surface area contributed by atoms with Crippen molar-refractivity contribution >= 4 is 0 Å². The van der Waals surface area contributed by atoms with E-state index in [1.54, 1.807) is 0 Å². The lowest BCUT2D eigenvalue weighted by atomic mass is 10.0. The molecule has 0 amide bonds. The Hall–Kier alpha value is -0.200. The molecule has 4 unspecified atom stereocenters. The van der Waals surface area contributed by atoms with Crippen LogP contribution in [0.15, 0.2) is 0 Å². The smallest absolute Gasteiger partial charge is 0.0619 e. The van der Waals surface area contributed by atoms with Crippen LogP contribution < -0.4 is 0 Å². The first-order valence-corrected chi connectivity index (χ1v) is 13.1. The van der Waals surface area contributed by atoms with Crippen LogP contribution in [0, 0.1) is 5.92 Å². The Morgan fingerprint density at radius 3 is 1.45 bits per heavy atom. The second-order valence-corrected chi connectivity index (χ2v) is 10.7. The topological polar surface area (TPSA) is 22.2 Å². The number of piperidine rings is 2. The molecule has 0 N–H and O–H groups in total. The third-order valence-electron chi connectivity index (χ3n) is 7.58. The number of likely N-dealkylation sites (N-methyl/N-ethyl adjacent to an activating group) is 1. The summed E-state index contributed by atoms with van der Waals surface area (Å²) in [7, 11) is 8.74. The van der Waals surface area contributed by atoms with Crippen LogP contribution in [0.3, 0.4) is 0 Å². The van der Waals surface area contributed by atoms with Gasteiger partial charge in [0.05, 0.1) is 13.2 Å². The van der Waals surface area contributed by atoms with Crippen molar-refractivity contribution in [1.82, 2.24) is 19.6 Å². The predicted octanol–water partition coefficient (Wildman–Crippen LogP) is 4.28. The fourth-order valence-corrected chi connectivity index (χ4v) is 4.55. The van der Waals surface area contributed by atoms with Crippen LogP contribution in [0.25, 0.3) is 0 Å². The fraction of sp³-hybridized carbons (Fsp3) is 1.00. The van der Waals surface area contributed by atoms with Crippen molar-refractivity contribution in [3.8, 4) is 0 Å². The third kappa shape index (κ3) is 13.2. The highest BCUT2D eigenvalue weighted by Crippen LogP contribution is 2.14. The number of morpholine rings is 1. The number of nitrogens with zero attached hydrogens (tertiary/aromatic N) is 4. The van der Waals surface area contributed by atoms with E-state index in [2.05, 4.69) is 75.5 Å². The molecule has 5 heteroatoms. The van der Waals surface area contributed by atoms with E-state index in [9.17, 15) is 0 Å². The number of hydrogen-bond acceptors (Lipinski definition) is 5. The van der Waals surface area contributed by atoms with E-state index in [1.807, 2.05) is 0 Å². The van der Waals surface area contributed by atoms with Gasteiger partial charge in [-0.2, -0.15) is 0 Å². The first-order valence-electron chi connectivity index (χ1n) is 13.1. The van der Waals surface area contributed by atoms with Gasteiger partial charge < -0.3 is 19.4 Å². The molecule has 0 aromatic carbocycles. The fourth-order valence-electron chi connectivity index (χ4n) is 4.55. The lowest BCUT2D eigenvalue weighted by Crippen LogP contribution is -2.40. The van der Waals surface area contributed by atoms with Crippen molar-refractivity contribution in [1.29, 1.82) is 0 Å². The van der Waals surface area contributed by atoms with Crippen LogP contribution >= 0.6 is 0 Å².